The molecule has 13 heavy (non-hydrogen) atoms. The van der Waals surface area contributed by atoms with Crippen molar-refractivity contribution >= 4 is 6.21 Å². The molecule has 0 aromatic heterocycles. The summed E-state index contributed by atoms with van der Waals surface area (Å²) in [6.45, 7) is 0. The molecule has 2 nitrogen and oxygen atoms in total. The van der Waals surface area contributed by atoms with Crippen LogP contribution in [0.3, 0.4) is 0 Å². The molecule has 1 aromatic carbocycles. The van der Waals surface area contributed by atoms with Gasteiger partial charge in [-0.05, 0) is 5.56 Å². The SMILES string of the molecule is FN=CC(c1ccccc1)N(F)F. The van der Waals surface area contributed by atoms with Crippen molar-refractivity contribution in [3.63, 3.8) is 0 Å². The third kappa shape index (κ3) is 2.55. The molecule has 70 valence electrons. The molecular weight excluding hydrogens is 181 g/mol. The van der Waals surface area contributed by atoms with Crippen LogP contribution in [0.25, 0.3) is 0 Å². The molecule has 0 amide bonds. The number of benzene rings is 1. The van der Waals surface area contributed by atoms with E-state index < -0.39 is 11.4 Å². The molecule has 0 bridgehead atoms. The van der Waals surface area contributed by atoms with E-state index in [1.807, 2.05) is 0 Å². The summed E-state index contributed by atoms with van der Waals surface area (Å²) in [6.07, 6.45) is 0.537. The predicted octanol–water partition coefficient (Wildman–Crippen LogP) is 2.75. The lowest BCUT2D eigenvalue weighted by Crippen LogP contribution is -2.13. The molecular formula is C8H7F3N2. The first kappa shape index (κ1) is 9.73. The zero-order valence-corrected chi connectivity index (χ0v) is 6.57. The number of halogens is 3. The number of hydrogen-bond donors (Lipinski definition) is 0. The molecule has 1 aromatic rings. The van der Waals surface area contributed by atoms with E-state index in [1.165, 1.54) is 12.1 Å². The van der Waals surface area contributed by atoms with Gasteiger partial charge < -0.3 is 0 Å². The van der Waals surface area contributed by atoms with E-state index in [9.17, 15) is 13.4 Å². The van der Waals surface area contributed by atoms with Gasteiger partial charge in [-0.25, -0.2) is 0 Å². The highest BCUT2D eigenvalue weighted by molar-refractivity contribution is 5.66. The molecule has 1 rings (SSSR count). The maximum absolute atomic E-state index is 12.1. The standard InChI is InChI=1S/C8H7F3N2/c9-12-6-8(13(10)11)7-4-2-1-3-5-7/h1-6,8H. The van der Waals surface area contributed by atoms with Crippen molar-refractivity contribution in [3.8, 4) is 0 Å². The molecule has 0 saturated carbocycles. The van der Waals surface area contributed by atoms with Crippen molar-refractivity contribution < 1.29 is 13.4 Å². The first-order chi connectivity index (χ1) is 6.25. The van der Waals surface area contributed by atoms with Gasteiger partial charge in [0.25, 0.3) is 0 Å². The fraction of sp³-hybridized carbons (Fsp3) is 0.125. The minimum Gasteiger partial charge on any atom is -0.100 e. The van der Waals surface area contributed by atoms with Gasteiger partial charge >= 0.3 is 0 Å². The highest BCUT2D eigenvalue weighted by Crippen LogP contribution is 2.19. The van der Waals surface area contributed by atoms with E-state index in [0.717, 1.165) is 0 Å². The molecule has 1 unspecified atom stereocenters. The Hall–Kier alpha value is -1.36. The van der Waals surface area contributed by atoms with Crippen LogP contribution >= 0.6 is 0 Å². The van der Waals surface area contributed by atoms with E-state index >= 15 is 0 Å². The summed E-state index contributed by atoms with van der Waals surface area (Å²) in [5, 5.41) is 0.988. The third-order valence-corrected chi connectivity index (χ3v) is 1.55. The second-order valence-electron chi connectivity index (χ2n) is 2.36. The second-order valence-corrected chi connectivity index (χ2v) is 2.36. The fourth-order valence-corrected chi connectivity index (χ4v) is 0.953. The molecule has 5 heteroatoms. The Balaban J connectivity index is 2.89. The Kier molecular flexibility index (Phi) is 3.45. The molecule has 1 atom stereocenters. The topological polar surface area (TPSA) is 15.6 Å². The molecule has 0 heterocycles. The Morgan fingerprint density at radius 3 is 2.31 bits per heavy atom. The van der Waals surface area contributed by atoms with E-state index in [0.29, 0.717) is 6.21 Å². The van der Waals surface area contributed by atoms with Gasteiger partial charge in [0.2, 0.25) is 0 Å². The molecule has 0 radical (unpaired) electrons. The number of hydrogen-bond acceptors (Lipinski definition) is 2. The van der Waals surface area contributed by atoms with Gasteiger partial charge in [-0.3, -0.25) is 0 Å². The molecule has 0 aliphatic rings. The van der Waals surface area contributed by atoms with Crippen LogP contribution in [-0.4, -0.2) is 11.6 Å². The zero-order chi connectivity index (χ0) is 9.68. The van der Waals surface area contributed by atoms with Crippen molar-refractivity contribution in [2.45, 2.75) is 6.04 Å². The Morgan fingerprint density at radius 2 is 1.85 bits per heavy atom. The molecule has 0 saturated heterocycles. The van der Waals surface area contributed by atoms with Crippen molar-refractivity contribution in [2.75, 3.05) is 0 Å². The highest BCUT2D eigenvalue weighted by Gasteiger charge is 2.17. The molecule has 0 N–H and O–H groups in total. The highest BCUT2D eigenvalue weighted by atomic mass is 19.4. The van der Waals surface area contributed by atoms with Crippen LogP contribution in [0.2, 0.25) is 0 Å². The summed E-state index contributed by atoms with van der Waals surface area (Å²) in [4.78, 5) is 0. The first-order valence-corrected chi connectivity index (χ1v) is 3.56. The maximum Gasteiger partial charge on any atom is 0.136 e. The van der Waals surface area contributed by atoms with Gasteiger partial charge in [0.15, 0.2) is 0 Å². The number of rotatable bonds is 3. The maximum atomic E-state index is 12.1. The summed E-state index contributed by atoms with van der Waals surface area (Å²) < 4.78 is 35.8. The molecule has 0 fully saturated rings. The van der Waals surface area contributed by atoms with E-state index in [-0.39, 0.29) is 5.56 Å². The Morgan fingerprint density at radius 1 is 1.23 bits per heavy atom. The summed E-state index contributed by atoms with van der Waals surface area (Å²) in [5.41, 5.74) is 0.286. The summed E-state index contributed by atoms with van der Waals surface area (Å²) in [5.74, 6) is 0. The minimum absolute atomic E-state index is 0.286. The van der Waals surface area contributed by atoms with Crippen LogP contribution in [-0.2, 0) is 0 Å². The molecule has 0 aliphatic carbocycles. The van der Waals surface area contributed by atoms with Gasteiger partial charge in [-0.2, -0.15) is 0 Å². The van der Waals surface area contributed by atoms with Gasteiger partial charge in [-0.15, -0.1) is 8.96 Å². The normalized spacial score (nSPS) is 13.8. The van der Waals surface area contributed by atoms with E-state index in [4.69, 9.17) is 0 Å². The average molecular weight is 188 g/mol. The summed E-state index contributed by atoms with van der Waals surface area (Å²) in [6, 6.07) is 6.40. The lowest BCUT2D eigenvalue weighted by molar-refractivity contribution is -0.170. The summed E-state index contributed by atoms with van der Waals surface area (Å²) in [7, 11) is 0. The van der Waals surface area contributed by atoms with E-state index in [2.05, 4.69) is 5.21 Å². The first-order valence-electron chi connectivity index (χ1n) is 3.56. The Bertz CT molecular complexity index is 274. The van der Waals surface area contributed by atoms with Crippen LogP contribution in [0.15, 0.2) is 35.5 Å². The average Bonchev–Trinajstić information content (AvgIpc) is 2.15. The number of nitrogens with zero attached hydrogens (tertiary/aromatic N) is 2. The van der Waals surface area contributed by atoms with Gasteiger partial charge in [-0.1, -0.05) is 40.0 Å². The van der Waals surface area contributed by atoms with Crippen molar-refractivity contribution in [2.24, 2.45) is 5.21 Å². The smallest absolute Gasteiger partial charge is 0.100 e. The van der Waals surface area contributed by atoms with Crippen molar-refractivity contribution in [3.05, 3.63) is 35.9 Å². The van der Waals surface area contributed by atoms with Crippen molar-refractivity contribution in [1.29, 1.82) is 0 Å². The molecule has 0 aliphatic heterocycles. The van der Waals surface area contributed by atoms with Gasteiger partial charge in [0.1, 0.15) is 6.04 Å². The second kappa shape index (κ2) is 4.61. The predicted molar refractivity (Wildman–Crippen MR) is 42.8 cm³/mol. The third-order valence-electron chi connectivity index (χ3n) is 1.55. The van der Waals surface area contributed by atoms with Gasteiger partial charge in [0, 0.05) is 5.34 Å². The van der Waals surface area contributed by atoms with Crippen LogP contribution in [0.1, 0.15) is 11.6 Å². The lowest BCUT2D eigenvalue weighted by Gasteiger charge is -2.10. The minimum atomic E-state index is -1.42. The van der Waals surface area contributed by atoms with Crippen LogP contribution < -0.4 is 0 Å². The quantitative estimate of drug-likeness (QED) is 0.526. The van der Waals surface area contributed by atoms with Crippen LogP contribution in [0, 0.1) is 0 Å². The summed E-state index contributed by atoms with van der Waals surface area (Å²) >= 11 is 0. The Labute approximate surface area is 73.1 Å². The van der Waals surface area contributed by atoms with E-state index in [1.54, 1.807) is 18.2 Å². The van der Waals surface area contributed by atoms with Crippen molar-refractivity contribution in [1.82, 2.24) is 5.34 Å². The molecule has 0 spiro atoms. The van der Waals surface area contributed by atoms with Gasteiger partial charge in [0.05, 0.1) is 6.21 Å². The fourth-order valence-electron chi connectivity index (χ4n) is 0.953. The monoisotopic (exact) mass is 188 g/mol. The lowest BCUT2D eigenvalue weighted by atomic mass is 10.1. The largest absolute Gasteiger partial charge is 0.136 e. The van der Waals surface area contributed by atoms with Crippen LogP contribution in [0.4, 0.5) is 13.4 Å². The zero-order valence-electron chi connectivity index (χ0n) is 6.57. The van der Waals surface area contributed by atoms with Crippen LogP contribution in [0.5, 0.6) is 0 Å².